The molecule has 0 spiro atoms. The summed E-state index contributed by atoms with van der Waals surface area (Å²) in [5.74, 6) is 0.519. The summed E-state index contributed by atoms with van der Waals surface area (Å²) in [7, 11) is 0. The van der Waals surface area contributed by atoms with Crippen LogP contribution in [-0.2, 0) is 0 Å². The Morgan fingerprint density at radius 2 is 0.687 bits per heavy atom. The van der Waals surface area contributed by atoms with E-state index in [9.17, 15) is 0 Å². The minimum Gasteiger partial charge on any atom is -0.466 e. The predicted molar refractivity (Wildman–Crippen MR) is 342 cm³/mol. The Labute approximate surface area is 478 Å². The molecule has 6 nitrogen and oxygen atoms in total. The minimum absolute atomic E-state index is 0.389. The Hall–Kier alpha value is -11.4. The molecule has 4 aromatic heterocycles. The van der Waals surface area contributed by atoms with Crippen molar-refractivity contribution in [3.63, 3.8) is 0 Å². The molecule has 0 N–H and O–H groups in total. The van der Waals surface area contributed by atoms with Crippen molar-refractivity contribution >= 4 is 71.2 Å². The number of benzene rings is 12. The normalized spacial score (nSPS) is 11.6. The SMILES string of the molecule is [C-]#[N+]c1cc(-n2c3ccc(-c4ccccc4)cc3c3cc(-c4ccccc4)ccc32)c(-n2c3ccc(-c4ccccc4)cc3c3cc(-c4ccccc4)ccc32)c2c1oc1c(-c3nc(-c4ccccc4)cc(-c4ccccc4)n3)cccc12. The number of fused-ring (bicyclic) bond motifs is 9. The molecule has 0 atom stereocenters. The van der Waals surface area contributed by atoms with Crippen LogP contribution in [0.1, 0.15) is 0 Å². The first kappa shape index (κ1) is 47.6. The monoisotopic (exact) mass is 1060 g/mol. The van der Waals surface area contributed by atoms with Crippen LogP contribution in [0.2, 0.25) is 0 Å². The van der Waals surface area contributed by atoms with Gasteiger partial charge in [-0.2, -0.15) is 0 Å². The molecule has 0 radical (unpaired) electrons. The van der Waals surface area contributed by atoms with Gasteiger partial charge in [0, 0.05) is 43.4 Å². The molecule has 16 rings (SSSR count). The second-order valence-corrected chi connectivity index (χ2v) is 21.1. The van der Waals surface area contributed by atoms with Gasteiger partial charge in [-0.1, -0.05) is 218 Å². The number of rotatable bonds is 9. The molecule has 83 heavy (non-hydrogen) atoms. The molecule has 0 saturated carbocycles. The maximum Gasteiger partial charge on any atom is 0.231 e. The van der Waals surface area contributed by atoms with Gasteiger partial charge in [-0.15, -0.1) is 0 Å². The van der Waals surface area contributed by atoms with Gasteiger partial charge in [-0.3, -0.25) is 0 Å². The summed E-state index contributed by atoms with van der Waals surface area (Å²) in [5, 5.41) is 6.04. The molecule has 6 heteroatoms. The summed E-state index contributed by atoms with van der Waals surface area (Å²) < 4.78 is 12.1. The highest BCUT2D eigenvalue weighted by atomic mass is 16.3. The van der Waals surface area contributed by atoms with Gasteiger partial charge in [0.2, 0.25) is 5.69 Å². The lowest BCUT2D eigenvalue weighted by Gasteiger charge is -2.19. The van der Waals surface area contributed by atoms with Gasteiger partial charge in [0.15, 0.2) is 5.82 Å². The van der Waals surface area contributed by atoms with Crippen molar-refractivity contribution < 1.29 is 4.42 Å². The quantitative estimate of drug-likeness (QED) is 0.135. The van der Waals surface area contributed by atoms with Crippen LogP contribution in [0.15, 0.2) is 290 Å². The number of nitrogens with zero attached hydrogens (tertiary/aromatic N) is 5. The van der Waals surface area contributed by atoms with E-state index in [1.165, 1.54) is 0 Å². The lowest BCUT2D eigenvalue weighted by atomic mass is 10.0. The van der Waals surface area contributed by atoms with Crippen molar-refractivity contribution in [1.82, 2.24) is 19.1 Å². The second-order valence-electron chi connectivity index (χ2n) is 21.1. The van der Waals surface area contributed by atoms with Gasteiger partial charge in [0.05, 0.1) is 57.0 Å². The Balaban J connectivity index is 1.06. The summed E-state index contributed by atoms with van der Waals surface area (Å²) >= 11 is 0. The van der Waals surface area contributed by atoms with Crippen LogP contribution in [0.25, 0.3) is 160 Å². The van der Waals surface area contributed by atoms with E-state index < -0.39 is 0 Å². The summed E-state index contributed by atoms with van der Waals surface area (Å²) in [6, 6.07) is 101. The summed E-state index contributed by atoms with van der Waals surface area (Å²) in [4.78, 5) is 15.0. The van der Waals surface area contributed by atoms with Gasteiger partial charge >= 0.3 is 0 Å². The zero-order valence-electron chi connectivity index (χ0n) is 44.8. The number of hydrogen-bond donors (Lipinski definition) is 0. The van der Waals surface area contributed by atoms with Gasteiger partial charge in [0.1, 0.15) is 11.2 Å². The average Bonchev–Trinajstić information content (AvgIpc) is 2.06. The summed E-state index contributed by atoms with van der Waals surface area (Å²) in [5.41, 5.74) is 20.5. The Kier molecular flexibility index (Phi) is 11.2. The molecule has 0 aliphatic heterocycles. The smallest absolute Gasteiger partial charge is 0.231 e. The lowest BCUT2D eigenvalue weighted by molar-refractivity contribution is 0.671. The van der Waals surface area contributed by atoms with Crippen molar-refractivity contribution in [3.05, 3.63) is 297 Å². The van der Waals surface area contributed by atoms with Crippen LogP contribution in [0, 0.1) is 6.57 Å². The van der Waals surface area contributed by atoms with Crippen LogP contribution in [0.5, 0.6) is 0 Å². The molecule has 0 aliphatic carbocycles. The Morgan fingerprint density at radius 1 is 0.313 bits per heavy atom. The van der Waals surface area contributed by atoms with Crippen LogP contribution in [0.3, 0.4) is 0 Å². The molecule has 0 amide bonds. The maximum atomic E-state index is 9.10. The van der Waals surface area contributed by atoms with Crippen LogP contribution in [0.4, 0.5) is 5.69 Å². The largest absolute Gasteiger partial charge is 0.466 e. The van der Waals surface area contributed by atoms with Crippen molar-refractivity contribution in [2.75, 3.05) is 0 Å². The summed E-state index contributed by atoms with van der Waals surface area (Å²) in [6.07, 6.45) is 0. The first-order valence-corrected chi connectivity index (χ1v) is 27.9. The standard InChI is InChI=1S/C77H47N5O/c1-78-67-48-72(81-68-39-35-55(49-21-8-2-9-22-49)43-61(68)62-44-56(36-40-69(62)81)50-23-10-3-11-24-50)74(82-70-41-37-57(51-25-12-4-13-26-51)45-63(70)64-46-58(38-42-71(64)82)52-27-14-5-15-28-52)73-59-33-20-34-60(75(59)83-76(67)73)77-79-65(53-29-16-6-17-30-53)47-66(80-77)54-31-18-7-19-32-54/h2-48H. The van der Waals surface area contributed by atoms with E-state index in [4.69, 9.17) is 21.0 Å². The third kappa shape index (κ3) is 7.94. The zero-order chi connectivity index (χ0) is 55.0. The third-order valence-corrected chi connectivity index (χ3v) is 16.4. The lowest BCUT2D eigenvalue weighted by Crippen LogP contribution is -2.04. The predicted octanol–water partition coefficient (Wildman–Crippen LogP) is 20.8. The molecule has 4 heterocycles. The minimum atomic E-state index is 0.389. The molecule has 12 aromatic carbocycles. The van der Waals surface area contributed by atoms with Crippen molar-refractivity contribution in [2.24, 2.45) is 0 Å². The number of hydrogen-bond acceptors (Lipinski definition) is 3. The molecule has 16 aromatic rings. The number of furan rings is 1. The van der Waals surface area contributed by atoms with Crippen LogP contribution >= 0.6 is 0 Å². The zero-order valence-corrected chi connectivity index (χ0v) is 44.8. The molecule has 0 aliphatic rings. The van der Waals surface area contributed by atoms with E-state index >= 15 is 0 Å². The number of aromatic nitrogens is 4. The molecule has 386 valence electrons. The molecular formula is C77H47N5O. The molecule has 0 fully saturated rings. The summed E-state index contributed by atoms with van der Waals surface area (Å²) in [6.45, 7) is 9.10. The fraction of sp³-hybridized carbons (Fsp3) is 0. The van der Waals surface area contributed by atoms with E-state index in [1.54, 1.807) is 0 Å². The van der Waals surface area contributed by atoms with Gasteiger partial charge < -0.3 is 13.6 Å². The van der Waals surface area contributed by atoms with Crippen molar-refractivity contribution in [2.45, 2.75) is 0 Å². The molecule has 0 saturated heterocycles. The highest BCUT2D eigenvalue weighted by Gasteiger charge is 2.29. The Morgan fingerprint density at radius 3 is 1.07 bits per heavy atom. The van der Waals surface area contributed by atoms with Crippen LogP contribution in [-0.4, -0.2) is 19.1 Å². The fourth-order valence-electron chi connectivity index (χ4n) is 12.5. The van der Waals surface area contributed by atoms with Gasteiger partial charge in [-0.05, 0) is 111 Å². The maximum absolute atomic E-state index is 9.10. The third-order valence-electron chi connectivity index (χ3n) is 16.4. The van der Waals surface area contributed by atoms with Gasteiger partial charge in [-0.25, -0.2) is 14.8 Å². The number of para-hydroxylation sites is 1. The molecule has 0 bridgehead atoms. The van der Waals surface area contributed by atoms with E-state index in [1.807, 2.05) is 42.5 Å². The topological polar surface area (TPSA) is 53.1 Å². The van der Waals surface area contributed by atoms with Crippen molar-refractivity contribution in [1.29, 1.82) is 0 Å². The van der Waals surface area contributed by atoms with Crippen molar-refractivity contribution in [3.8, 4) is 89.8 Å². The van der Waals surface area contributed by atoms with Gasteiger partial charge in [0.25, 0.3) is 0 Å². The van der Waals surface area contributed by atoms with E-state index in [2.05, 4.69) is 257 Å². The highest BCUT2D eigenvalue weighted by molar-refractivity contribution is 6.21. The van der Waals surface area contributed by atoms with E-state index in [0.29, 0.717) is 22.7 Å². The van der Waals surface area contributed by atoms with Crippen LogP contribution < -0.4 is 0 Å². The fourth-order valence-corrected chi connectivity index (χ4v) is 12.5. The van der Waals surface area contributed by atoms with E-state index in [-0.39, 0.29) is 0 Å². The second kappa shape index (κ2) is 19.5. The highest BCUT2D eigenvalue weighted by Crippen LogP contribution is 2.50. The first-order valence-electron chi connectivity index (χ1n) is 27.9. The Bertz CT molecular complexity index is 4980. The first-order chi connectivity index (χ1) is 41.1. The average molecular weight is 1060 g/mol. The molecule has 0 unspecified atom stereocenters. The molecular weight excluding hydrogens is 1010 g/mol. The van der Waals surface area contributed by atoms with E-state index in [0.717, 1.165) is 138 Å².